The van der Waals surface area contributed by atoms with Gasteiger partial charge < -0.3 is 9.47 Å². The Morgan fingerprint density at radius 3 is 2.35 bits per heavy atom. The first-order valence-electron chi connectivity index (χ1n) is 9.43. The van der Waals surface area contributed by atoms with Crippen molar-refractivity contribution in [3.05, 3.63) is 66.7 Å². The minimum absolute atomic E-state index is 0.0333. The van der Waals surface area contributed by atoms with Gasteiger partial charge in [-0.3, -0.25) is 4.79 Å². The predicted octanol–water partition coefficient (Wildman–Crippen LogP) is 4.88. The first kappa shape index (κ1) is 16.9. The molecule has 26 heavy (non-hydrogen) atoms. The summed E-state index contributed by atoms with van der Waals surface area (Å²) in [5, 5.41) is 0. The number of allylic oxidation sites excluding steroid dienone is 2. The Bertz CT molecular complexity index is 764. The highest BCUT2D eigenvalue weighted by atomic mass is 16.5. The van der Waals surface area contributed by atoms with Gasteiger partial charge in [-0.05, 0) is 47.9 Å². The zero-order chi connectivity index (χ0) is 17.8. The van der Waals surface area contributed by atoms with E-state index in [-0.39, 0.29) is 11.9 Å². The lowest BCUT2D eigenvalue weighted by atomic mass is 9.94. The molecule has 0 N–H and O–H groups in total. The molecule has 2 aromatic carbocycles. The first-order valence-corrected chi connectivity index (χ1v) is 9.43. The van der Waals surface area contributed by atoms with E-state index in [9.17, 15) is 4.79 Å². The highest BCUT2D eigenvalue weighted by molar-refractivity contribution is 5.74. The molecule has 3 nitrogen and oxygen atoms in total. The summed E-state index contributed by atoms with van der Waals surface area (Å²) in [4.78, 5) is 12.1. The Kier molecular flexibility index (Phi) is 5.05. The highest BCUT2D eigenvalue weighted by Crippen LogP contribution is 2.43. The lowest BCUT2D eigenvalue weighted by Crippen LogP contribution is -2.22. The molecule has 0 spiro atoms. The number of esters is 1. The van der Waals surface area contributed by atoms with Crippen LogP contribution in [0.5, 0.6) is 5.75 Å². The first-order chi connectivity index (χ1) is 12.8. The number of hydrogen-bond donors (Lipinski definition) is 0. The van der Waals surface area contributed by atoms with Gasteiger partial charge in [-0.25, -0.2) is 0 Å². The molecule has 0 aromatic heterocycles. The summed E-state index contributed by atoms with van der Waals surface area (Å²) in [6, 6.07) is 18.4. The molecule has 0 radical (unpaired) electrons. The second-order valence-electron chi connectivity index (χ2n) is 7.15. The van der Waals surface area contributed by atoms with Crippen molar-refractivity contribution >= 4 is 5.97 Å². The molecule has 1 fully saturated rings. The number of hydrogen-bond acceptors (Lipinski definition) is 3. The molecule has 3 heteroatoms. The van der Waals surface area contributed by atoms with Gasteiger partial charge in [-0.2, -0.15) is 0 Å². The summed E-state index contributed by atoms with van der Waals surface area (Å²) in [7, 11) is 0. The molecule has 2 aliphatic rings. The largest absolute Gasteiger partial charge is 0.493 e. The molecule has 3 atom stereocenters. The van der Waals surface area contributed by atoms with E-state index in [4.69, 9.17) is 9.47 Å². The van der Waals surface area contributed by atoms with Crippen LogP contribution in [0.15, 0.2) is 66.7 Å². The predicted molar refractivity (Wildman–Crippen MR) is 102 cm³/mol. The van der Waals surface area contributed by atoms with Crippen LogP contribution in [0.3, 0.4) is 0 Å². The zero-order valence-corrected chi connectivity index (χ0v) is 14.8. The van der Waals surface area contributed by atoms with Crippen LogP contribution in [0.25, 0.3) is 11.1 Å². The van der Waals surface area contributed by atoms with Crippen LogP contribution in [-0.2, 0) is 9.53 Å². The summed E-state index contributed by atoms with van der Waals surface area (Å²) >= 11 is 0. The van der Waals surface area contributed by atoms with Gasteiger partial charge in [0.2, 0.25) is 0 Å². The van der Waals surface area contributed by atoms with Gasteiger partial charge in [0.15, 0.2) is 0 Å². The van der Waals surface area contributed by atoms with Crippen LogP contribution in [0.2, 0.25) is 0 Å². The lowest BCUT2D eigenvalue weighted by molar-refractivity contribution is -0.149. The molecule has 1 saturated carbocycles. The van der Waals surface area contributed by atoms with Crippen molar-refractivity contribution in [3.8, 4) is 16.9 Å². The fraction of sp³-hybridized carbons (Fsp3) is 0.348. The molecule has 0 heterocycles. The monoisotopic (exact) mass is 348 g/mol. The molecular weight excluding hydrogens is 324 g/mol. The van der Waals surface area contributed by atoms with E-state index in [1.807, 2.05) is 30.3 Å². The van der Waals surface area contributed by atoms with Crippen LogP contribution in [0.1, 0.15) is 19.3 Å². The van der Waals surface area contributed by atoms with Crippen molar-refractivity contribution in [1.82, 2.24) is 0 Å². The summed E-state index contributed by atoms with van der Waals surface area (Å²) < 4.78 is 11.2. The van der Waals surface area contributed by atoms with Gasteiger partial charge in [-0.1, -0.05) is 54.6 Å². The molecular formula is C23H24O3. The van der Waals surface area contributed by atoms with Crippen molar-refractivity contribution in [1.29, 1.82) is 0 Å². The molecule has 0 amide bonds. The maximum atomic E-state index is 12.1. The van der Waals surface area contributed by atoms with Crippen LogP contribution in [0.4, 0.5) is 0 Å². The maximum absolute atomic E-state index is 12.1. The lowest BCUT2D eigenvalue weighted by Gasteiger charge is -2.16. The molecule has 2 aliphatic carbocycles. The van der Waals surface area contributed by atoms with Gasteiger partial charge in [0, 0.05) is 6.42 Å². The normalized spacial score (nSPS) is 23.2. The minimum Gasteiger partial charge on any atom is -0.493 e. The Labute approximate surface area is 154 Å². The quantitative estimate of drug-likeness (QED) is 0.406. The second kappa shape index (κ2) is 7.77. The van der Waals surface area contributed by atoms with E-state index in [2.05, 4.69) is 36.4 Å². The SMILES string of the molecule is O=C(OCCCOc1ccc(-c2ccccc2)cc1)C1CC2C=CC1C2. The number of carbonyl (C=O) groups excluding carboxylic acids is 1. The third-order valence-electron chi connectivity index (χ3n) is 5.34. The van der Waals surface area contributed by atoms with E-state index in [1.54, 1.807) is 0 Å². The van der Waals surface area contributed by atoms with Crippen molar-refractivity contribution in [3.63, 3.8) is 0 Å². The van der Waals surface area contributed by atoms with Crippen molar-refractivity contribution < 1.29 is 14.3 Å². The number of benzene rings is 2. The Balaban J connectivity index is 1.17. The Morgan fingerprint density at radius 1 is 0.885 bits per heavy atom. The molecule has 4 rings (SSSR count). The van der Waals surface area contributed by atoms with Crippen LogP contribution >= 0.6 is 0 Å². The zero-order valence-electron chi connectivity index (χ0n) is 14.8. The van der Waals surface area contributed by atoms with E-state index in [0.717, 1.165) is 18.6 Å². The smallest absolute Gasteiger partial charge is 0.309 e. The Morgan fingerprint density at radius 2 is 1.65 bits per heavy atom. The number of ether oxygens (including phenoxy) is 2. The van der Waals surface area contributed by atoms with Gasteiger partial charge in [0.05, 0.1) is 19.1 Å². The molecule has 2 bridgehead atoms. The topological polar surface area (TPSA) is 35.5 Å². The van der Waals surface area contributed by atoms with Crippen molar-refractivity contribution in [2.24, 2.45) is 17.8 Å². The standard InChI is InChI=1S/C23H24O3/c24-23(22-16-17-7-8-20(22)15-17)26-14-4-13-25-21-11-9-19(10-12-21)18-5-2-1-3-6-18/h1-3,5-12,17,20,22H,4,13-16H2. The maximum Gasteiger partial charge on any atom is 0.309 e. The molecule has 3 unspecified atom stereocenters. The summed E-state index contributed by atoms with van der Waals surface area (Å²) in [5.41, 5.74) is 2.37. The van der Waals surface area contributed by atoms with Gasteiger partial charge in [0.25, 0.3) is 0 Å². The fourth-order valence-corrected chi connectivity index (χ4v) is 3.95. The average molecular weight is 348 g/mol. The van der Waals surface area contributed by atoms with Crippen LogP contribution < -0.4 is 4.74 Å². The van der Waals surface area contributed by atoms with Crippen molar-refractivity contribution in [2.75, 3.05) is 13.2 Å². The fourth-order valence-electron chi connectivity index (χ4n) is 3.95. The summed E-state index contributed by atoms with van der Waals surface area (Å²) in [6.07, 6.45) is 7.22. The Hall–Kier alpha value is -2.55. The van der Waals surface area contributed by atoms with E-state index in [1.165, 1.54) is 11.1 Å². The van der Waals surface area contributed by atoms with Crippen LogP contribution in [0, 0.1) is 17.8 Å². The number of fused-ring (bicyclic) bond motifs is 2. The number of carbonyl (C=O) groups is 1. The summed E-state index contributed by atoms with van der Waals surface area (Å²) in [6.45, 7) is 0.979. The molecule has 0 aliphatic heterocycles. The van der Waals surface area contributed by atoms with E-state index in [0.29, 0.717) is 31.5 Å². The van der Waals surface area contributed by atoms with Gasteiger partial charge >= 0.3 is 5.97 Å². The molecule has 134 valence electrons. The minimum atomic E-state index is -0.0333. The number of rotatable bonds is 7. The van der Waals surface area contributed by atoms with Gasteiger partial charge in [-0.15, -0.1) is 0 Å². The van der Waals surface area contributed by atoms with Crippen LogP contribution in [-0.4, -0.2) is 19.2 Å². The van der Waals surface area contributed by atoms with Gasteiger partial charge in [0.1, 0.15) is 5.75 Å². The summed E-state index contributed by atoms with van der Waals surface area (Å²) in [5.74, 6) is 1.89. The van der Waals surface area contributed by atoms with E-state index < -0.39 is 0 Å². The second-order valence-corrected chi connectivity index (χ2v) is 7.15. The molecule has 0 saturated heterocycles. The van der Waals surface area contributed by atoms with Crippen molar-refractivity contribution in [2.45, 2.75) is 19.3 Å². The third-order valence-corrected chi connectivity index (χ3v) is 5.34. The third kappa shape index (κ3) is 3.82. The highest BCUT2D eigenvalue weighted by Gasteiger charge is 2.40. The average Bonchev–Trinajstić information content (AvgIpc) is 3.32. The van der Waals surface area contributed by atoms with E-state index >= 15 is 0 Å². The molecule has 2 aromatic rings.